The predicted molar refractivity (Wildman–Crippen MR) is 92.9 cm³/mol. The van der Waals surface area contributed by atoms with Gasteiger partial charge in [-0.1, -0.05) is 54.6 Å². The maximum atomic E-state index is 10.7. The van der Waals surface area contributed by atoms with Crippen molar-refractivity contribution in [3.8, 4) is 0 Å². The Hall–Kier alpha value is -3.00. The quantitative estimate of drug-likeness (QED) is 0.515. The zero-order chi connectivity index (χ0) is 15.9. The van der Waals surface area contributed by atoms with E-state index in [1.165, 1.54) is 5.56 Å². The summed E-state index contributed by atoms with van der Waals surface area (Å²) in [6, 6.07) is 24.1. The van der Waals surface area contributed by atoms with Gasteiger partial charge in [0.1, 0.15) is 6.29 Å². The van der Waals surface area contributed by atoms with Crippen LogP contribution in [-0.2, 0) is 6.54 Å². The fourth-order valence-electron chi connectivity index (χ4n) is 2.43. The lowest BCUT2D eigenvalue weighted by atomic mass is 10.1. The van der Waals surface area contributed by atoms with Crippen LogP contribution in [0.5, 0.6) is 0 Å². The standard InChI is InChI=1S/C21H18NO/c23-17-20-11-9-18(10-12-20)13-14-21-8-4-5-15-22(21)16-19-6-2-1-3-7-19/h1-15,17H,16H2/q+1/b14-13+. The molecule has 0 aliphatic heterocycles. The minimum absolute atomic E-state index is 0.695. The van der Waals surface area contributed by atoms with E-state index in [9.17, 15) is 4.79 Å². The van der Waals surface area contributed by atoms with Crippen LogP contribution in [0.2, 0.25) is 0 Å². The molecule has 0 spiro atoms. The first-order valence-electron chi connectivity index (χ1n) is 7.61. The number of aromatic nitrogens is 1. The van der Waals surface area contributed by atoms with E-state index in [4.69, 9.17) is 0 Å². The number of nitrogens with zero attached hydrogens (tertiary/aromatic N) is 1. The summed E-state index contributed by atoms with van der Waals surface area (Å²) in [6.45, 7) is 0.839. The van der Waals surface area contributed by atoms with Crippen molar-refractivity contribution in [3.05, 3.63) is 101 Å². The molecule has 0 aliphatic carbocycles. The Morgan fingerprint density at radius 1 is 0.739 bits per heavy atom. The fourth-order valence-corrected chi connectivity index (χ4v) is 2.43. The van der Waals surface area contributed by atoms with Gasteiger partial charge in [0, 0.05) is 29.3 Å². The average molecular weight is 300 g/mol. The van der Waals surface area contributed by atoms with Gasteiger partial charge in [0.25, 0.3) is 0 Å². The first kappa shape index (κ1) is 14.9. The molecule has 2 nitrogen and oxygen atoms in total. The normalized spacial score (nSPS) is 10.8. The molecule has 1 aromatic heterocycles. The lowest BCUT2D eigenvalue weighted by molar-refractivity contribution is -0.690. The van der Waals surface area contributed by atoms with Gasteiger partial charge in [0.2, 0.25) is 5.69 Å². The highest BCUT2D eigenvalue weighted by Gasteiger charge is 2.07. The number of hydrogen-bond donors (Lipinski definition) is 0. The number of benzene rings is 2. The molecule has 2 aromatic carbocycles. The van der Waals surface area contributed by atoms with E-state index in [1.54, 1.807) is 0 Å². The smallest absolute Gasteiger partial charge is 0.205 e. The topological polar surface area (TPSA) is 20.9 Å². The van der Waals surface area contributed by atoms with Crippen molar-refractivity contribution in [2.24, 2.45) is 0 Å². The van der Waals surface area contributed by atoms with Gasteiger partial charge >= 0.3 is 0 Å². The summed E-state index contributed by atoms with van der Waals surface area (Å²) in [5, 5.41) is 0. The van der Waals surface area contributed by atoms with Crippen molar-refractivity contribution < 1.29 is 9.36 Å². The minimum atomic E-state index is 0.695. The predicted octanol–water partition coefficient (Wildman–Crippen LogP) is 4.01. The molecule has 0 atom stereocenters. The Morgan fingerprint density at radius 3 is 2.17 bits per heavy atom. The summed E-state index contributed by atoms with van der Waals surface area (Å²) in [4.78, 5) is 10.7. The molecule has 0 fully saturated rings. The number of rotatable bonds is 5. The molecule has 23 heavy (non-hydrogen) atoms. The third kappa shape index (κ3) is 4.01. The Bertz CT molecular complexity index is 805. The first-order chi connectivity index (χ1) is 11.3. The molecule has 3 rings (SSSR count). The summed E-state index contributed by atoms with van der Waals surface area (Å²) < 4.78 is 2.21. The molecule has 2 heteroatoms. The largest absolute Gasteiger partial charge is 0.298 e. The first-order valence-corrected chi connectivity index (χ1v) is 7.61. The van der Waals surface area contributed by atoms with Crippen LogP contribution < -0.4 is 4.57 Å². The molecule has 112 valence electrons. The maximum Gasteiger partial charge on any atom is 0.205 e. The van der Waals surface area contributed by atoms with E-state index in [0.29, 0.717) is 5.56 Å². The lowest BCUT2D eigenvalue weighted by Gasteiger charge is -2.01. The highest BCUT2D eigenvalue weighted by molar-refractivity contribution is 5.76. The van der Waals surface area contributed by atoms with Crippen LogP contribution in [0, 0.1) is 0 Å². The second-order valence-electron chi connectivity index (χ2n) is 5.36. The van der Waals surface area contributed by atoms with Gasteiger partial charge in [-0.05, 0) is 17.7 Å². The van der Waals surface area contributed by atoms with Gasteiger partial charge in [0.15, 0.2) is 12.7 Å². The Morgan fingerprint density at radius 2 is 1.43 bits per heavy atom. The van der Waals surface area contributed by atoms with Gasteiger partial charge in [-0.2, -0.15) is 4.57 Å². The molecule has 0 unspecified atom stereocenters. The van der Waals surface area contributed by atoms with Crippen molar-refractivity contribution in [1.82, 2.24) is 0 Å². The molecular formula is C21H18NO+. The highest BCUT2D eigenvalue weighted by atomic mass is 16.1. The SMILES string of the molecule is O=Cc1ccc(/C=C/c2cccc[n+]2Cc2ccccc2)cc1. The van der Waals surface area contributed by atoms with E-state index < -0.39 is 0 Å². The van der Waals surface area contributed by atoms with Gasteiger partial charge in [-0.25, -0.2) is 0 Å². The van der Waals surface area contributed by atoms with E-state index >= 15 is 0 Å². The summed E-state index contributed by atoms with van der Waals surface area (Å²) in [5.41, 5.74) is 4.18. The van der Waals surface area contributed by atoms with Crippen LogP contribution in [0.4, 0.5) is 0 Å². The minimum Gasteiger partial charge on any atom is -0.298 e. The molecule has 3 aromatic rings. The Labute approximate surface area is 136 Å². The van der Waals surface area contributed by atoms with Crippen LogP contribution >= 0.6 is 0 Å². The number of pyridine rings is 1. The van der Waals surface area contributed by atoms with Crippen molar-refractivity contribution in [2.45, 2.75) is 6.54 Å². The number of carbonyl (C=O) groups excluding carboxylic acids is 1. The van der Waals surface area contributed by atoms with Gasteiger partial charge in [-0.15, -0.1) is 0 Å². The van der Waals surface area contributed by atoms with Crippen molar-refractivity contribution in [2.75, 3.05) is 0 Å². The number of carbonyl (C=O) groups is 1. The van der Waals surface area contributed by atoms with E-state index in [2.05, 4.69) is 53.2 Å². The summed E-state index contributed by atoms with van der Waals surface area (Å²) in [6.07, 6.45) is 7.10. The zero-order valence-electron chi connectivity index (χ0n) is 12.8. The van der Waals surface area contributed by atoms with E-state index in [0.717, 1.165) is 24.1 Å². The third-order valence-electron chi connectivity index (χ3n) is 3.69. The van der Waals surface area contributed by atoms with Gasteiger partial charge < -0.3 is 0 Å². The fraction of sp³-hybridized carbons (Fsp3) is 0.0476. The monoisotopic (exact) mass is 300 g/mol. The van der Waals surface area contributed by atoms with Crippen LogP contribution in [0.25, 0.3) is 12.2 Å². The Balaban J connectivity index is 1.82. The second kappa shape index (κ2) is 7.32. The molecule has 0 amide bonds. The van der Waals surface area contributed by atoms with Gasteiger partial charge in [0.05, 0.1) is 0 Å². The zero-order valence-corrected chi connectivity index (χ0v) is 12.8. The molecule has 0 bridgehead atoms. The number of aldehydes is 1. The summed E-state index contributed by atoms with van der Waals surface area (Å²) in [5.74, 6) is 0. The number of hydrogen-bond acceptors (Lipinski definition) is 1. The highest BCUT2D eigenvalue weighted by Crippen LogP contribution is 2.08. The molecule has 0 saturated carbocycles. The summed E-state index contributed by atoms with van der Waals surface area (Å²) in [7, 11) is 0. The molecule has 0 radical (unpaired) electrons. The van der Waals surface area contributed by atoms with Crippen LogP contribution in [0.15, 0.2) is 79.0 Å². The summed E-state index contributed by atoms with van der Waals surface area (Å²) >= 11 is 0. The molecule has 0 saturated heterocycles. The molecule has 1 heterocycles. The lowest BCUT2D eigenvalue weighted by Crippen LogP contribution is -2.36. The van der Waals surface area contributed by atoms with Crippen molar-refractivity contribution in [3.63, 3.8) is 0 Å². The maximum absolute atomic E-state index is 10.7. The van der Waals surface area contributed by atoms with Crippen LogP contribution in [0.3, 0.4) is 0 Å². The second-order valence-corrected chi connectivity index (χ2v) is 5.36. The molecular weight excluding hydrogens is 282 g/mol. The molecule has 0 aliphatic rings. The Kier molecular flexibility index (Phi) is 4.75. The van der Waals surface area contributed by atoms with Crippen molar-refractivity contribution in [1.29, 1.82) is 0 Å². The molecule has 0 N–H and O–H groups in total. The van der Waals surface area contributed by atoms with Gasteiger partial charge in [-0.3, -0.25) is 4.79 Å². The van der Waals surface area contributed by atoms with E-state index in [-0.39, 0.29) is 0 Å². The van der Waals surface area contributed by atoms with E-state index in [1.807, 2.05) is 42.5 Å². The van der Waals surface area contributed by atoms with Crippen LogP contribution in [0.1, 0.15) is 27.2 Å². The van der Waals surface area contributed by atoms with Crippen molar-refractivity contribution >= 4 is 18.4 Å². The average Bonchev–Trinajstić information content (AvgIpc) is 2.62. The third-order valence-corrected chi connectivity index (χ3v) is 3.69. The van der Waals surface area contributed by atoms with Crippen LogP contribution in [-0.4, -0.2) is 6.29 Å².